The van der Waals surface area contributed by atoms with E-state index in [1.165, 1.54) is 25.9 Å². The van der Waals surface area contributed by atoms with Crippen molar-refractivity contribution in [2.45, 2.75) is 26.7 Å². The zero-order valence-electron chi connectivity index (χ0n) is 6.24. The van der Waals surface area contributed by atoms with E-state index in [0.717, 1.165) is 0 Å². The van der Waals surface area contributed by atoms with E-state index in [1.807, 2.05) is 0 Å². The number of halogens is 1. The van der Waals surface area contributed by atoms with Crippen LogP contribution in [0.1, 0.15) is 26.7 Å². The van der Waals surface area contributed by atoms with Gasteiger partial charge in [0.1, 0.15) is 0 Å². The van der Waals surface area contributed by atoms with E-state index in [2.05, 4.69) is 19.2 Å². The van der Waals surface area contributed by atoms with Gasteiger partial charge in [0.05, 0.1) is 0 Å². The number of nitrogens with one attached hydrogen (secondary N) is 1. The molecule has 0 aromatic heterocycles. The van der Waals surface area contributed by atoms with Crippen LogP contribution in [0.15, 0.2) is 0 Å². The minimum atomic E-state index is 0. The van der Waals surface area contributed by atoms with Gasteiger partial charge in [-0.2, -0.15) is 0 Å². The normalized spacial score (nSPS) is 22.0. The van der Waals surface area contributed by atoms with Gasteiger partial charge in [0, 0.05) is 13.1 Å². The minimum absolute atomic E-state index is 0. The Morgan fingerprint density at radius 3 is 1.67 bits per heavy atom. The van der Waals surface area contributed by atoms with Crippen molar-refractivity contribution in [3.05, 3.63) is 0 Å². The Bertz CT molecular complexity index is 65.5. The van der Waals surface area contributed by atoms with E-state index in [0.29, 0.717) is 5.41 Å². The molecule has 1 heterocycles. The fraction of sp³-hybridized carbons (Fsp3) is 1.00. The van der Waals surface area contributed by atoms with Gasteiger partial charge in [-0.05, 0) is 18.3 Å². The lowest BCUT2D eigenvalue weighted by molar-refractivity contribution is 0.154. The molecule has 1 nitrogen and oxygen atoms in total. The smallest absolute Gasteiger partial charge is 0.00200 e. The Balaban J connectivity index is 0.000000640. The summed E-state index contributed by atoms with van der Waals surface area (Å²) >= 11 is 0. The van der Waals surface area contributed by atoms with Gasteiger partial charge in [0.25, 0.3) is 0 Å². The van der Waals surface area contributed by atoms with E-state index in [9.17, 15) is 0 Å². The van der Waals surface area contributed by atoms with E-state index < -0.39 is 0 Å². The van der Waals surface area contributed by atoms with Gasteiger partial charge in [0.15, 0.2) is 0 Å². The van der Waals surface area contributed by atoms with Crippen LogP contribution in [0.2, 0.25) is 0 Å². The van der Waals surface area contributed by atoms with E-state index in [4.69, 9.17) is 0 Å². The summed E-state index contributed by atoms with van der Waals surface area (Å²) in [5.41, 5.74) is 0.694. The molecule has 0 radical (unpaired) electrons. The van der Waals surface area contributed by atoms with Gasteiger partial charge in [-0.15, -0.1) is 12.4 Å². The Labute approximate surface area is 63.6 Å². The van der Waals surface area contributed by atoms with Crippen molar-refractivity contribution in [3.63, 3.8) is 0 Å². The molecule has 0 unspecified atom stereocenters. The van der Waals surface area contributed by atoms with Crippen LogP contribution in [-0.2, 0) is 0 Å². The maximum Gasteiger partial charge on any atom is 0.00200 e. The van der Waals surface area contributed by atoms with Crippen molar-refractivity contribution in [2.75, 3.05) is 13.1 Å². The van der Waals surface area contributed by atoms with Crippen LogP contribution in [0.3, 0.4) is 0 Å². The molecule has 1 N–H and O–H groups in total. The molecule has 0 spiro atoms. The first-order valence-corrected chi connectivity index (χ1v) is 3.54. The monoisotopic (exact) mass is 149 g/mol. The van der Waals surface area contributed by atoms with Crippen LogP contribution in [0.25, 0.3) is 0 Å². The van der Waals surface area contributed by atoms with Gasteiger partial charge < -0.3 is 5.32 Å². The lowest BCUT2D eigenvalue weighted by atomic mass is 9.77. The Hall–Kier alpha value is 0.250. The summed E-state index contributed by atoms with van der Waals surface area (Å²) in [5, 5.41) is 3.30. The highest BCUT2D eigenvalue weighted by Crippen LogP contribution is 2.29. The molecule has 56 valence electrons. The van der Waals surface area contributed by atoms with Crippen molar-refractivity contribution in [1.29, 1.82) is 0 Å². The minimum Gasteiger partial charge on any atom is -0.316 e. The highest BCUT2D eigenvalue weighted by Gasteiger charge is 2.32. The van der Waals surface area contributed by atoms with Gasteiger partial charge >= 0.3 is 0 Å². The zero-order valence-corrected chi connectivity index (χ0v) is 7.05. The third-order valence-corrected chi connectivity index (χ3v) is 2.50. The Kier molecular flexibility index (Phi) is 3.52. The average Bonchev–Trinajstić information content (AvgIpc) is 1.67. The maximum atomic E-state index is 3.30. The first-order chi connectivity index (χ1) is 3.83. The van der Waals surface area contributed by atoms with Gasteiger partial charge in [-0.1, -0.05) is 13.8 Å². The molecule has 1 aliphatic rings. The van der Waals surface area contributed by atoms with Crippen molar-refractivity contribution in [3.8, 4) is 0 Å². The summed E-state index contributed by atoms with van der Waals surface area (Å²) < 4.78 is 0. The molecule has 2 heteroatoms. The lowest BCUT2D eigenvalue weighted by Gasteiger charge is -2.41. The quantitative estimate of drug-likeness (QED) is 0.632. The van der Waals surface area contributed by atoms with Crippen LogP contribution in [-0.4, -0.2) is 13.1 Å². The van der Waals surface area contributed by atoms with Crippen LogP contribution < -0.4 is 5.32 Å². The second kappa shape index (κ2) is 3.43. The summed E-state index contributed by atoms with van der Waals surface area (Å²) in [6, 6.07) is 0. The second-order valence-electron chi connectivity index (χ2n) is 2.81. The molecule has 1 rings (SSSR count). The van der Waals surface area contributed by atoms with Crippen LogP contribution in [0, 0.1) is 5.41 Å². The number of hydrogen-bond acceptors (Lipinski definition) is 1. The van der Waals surface area contributed by atoms with Crippen molar-refractivity contribution in [1.82, 2.24) is 5.32 Å². The molecule has 1 fully saturated rings. The molecule has 0 atom stereocenters. The summed E-state index contributed by atoms with van der Waals surface area (Å²) in [4.78, 5) is 0. The highest BCUT2D eigenvalue weighted by molar-refractivity contribution is 5.85. The van der Waals surface area contributed by atoms with E-state index in [-0.39, 0.29) is 12.4 Å². The summed E-state index contributed by atoms with van der Waals surface area (Å²) in [7, 11) is 0. The molecule has 0 bridgehead atoms. The van der Waals surface area contributed by atoms with Gasteiger partial charge in [-0.3, -0.25) is 0 Å². The van der Waals surface area contributed by atoms with Crippen LogP contribution in [0.5, 0.6) is 0 Å². The van der Waals surface area contributed by atoms with Gasteiger partial charge in [-0.25, -0.2) is 0 Å². The SMILES string of the molecule is CCC1(CC)CNC1.Cl. The largest absolute Gasteiger partial charge is 0.316 e. The summed E-state index contributed by atoms with van der Waals surface area (Å²) in [6.07, 6.45) is 2.69. The third kappa shape index (κ3) is 1.59. The molecule has 0 aliphatic carbocycles. The van der Waals surface area contributed by atoms with Crippen molar-refractivity contribution in [2.24, 2.45) is 5.41 Å². The molecule has 0 saturated carbocycles. The zero-order chi connectivity index (χ0) is 6.04. The number of rotatable bonds is 2. The summed E-state index contributed by atoms with van der Waals surface area (Å²) in [5.74, 6) is 0. The fourth-order valence-corrected chi connectivity index (χ4v) is 1.23. The van der Waals surface area contributed by atoms with Crippen LogP contribution >= 0.6 is 12.4 Å². The summed E-state index contributed by atoms with van der Waals surface area (Å²) in [6.45, 7) is 7.06. The van der Waals surface area contributed by atoms with E-state index in [1.54, 1.807) is 0 Å². The predicted molar refractivity (Wildman–Crippen MR) is 43.1 cm³/mol. The molecular weight excluding hydrogens is 134 g/mol. The highest BCUT2D eigenvalue weighted by atomic mass is 35.5. The predicted octanol–water partition coefficient (Wildman–Crippen LogP) is 1.82. The Morgan fingerprint density at radius 1 is 1.22 bits per heavy atom. The lowest BCUT2D eigenvalue weighted by Crippen LogP contribution is -2.52. The van der Waals surface area contributed by atoms with Crippen molar-refractivity contribution >= 4 is 12.4 Å². The topological polar surface area (TPSA) is 12.0 Å². The first kappa shape index (κ1) is 9.25. The average molecular weight is 150 g/mol. The van der Waals surface area contributed by atoms with Crippen molar-refractivity contribution < 1.29 is 0 Å². The molecule has 0 amide bonds. The Morgan fingerprint density at radius 2 is 1.67 bits per heavy atom. The number of hydrogen-bond donors (Lipinski definition) is 1. The maximum absolute atomic E-state index is 3.30. The third-order valence-electron chi connectivity index (χ3n) is 2.50. The fourth-order valence-electron chi connectivity index (χ4n) is 1.23. The molecule has 9 heavy (non-hydrogen) atoms. The molecule has 1 aliphatic heterocycles. The standard InChI is InChI=1S/C7H15N.ClH/c1-3-7(4-2)5-8-6-7;/h8H,3-6H2,1-2H3;1H. The molecule has 1 saturated heterocycles. The first-order valence-electron chi connectivity index (χ1n) is 3.54. The van der Waals surface area contributed by atoms with Gasteiger partial charge in [0.2, 0.25) is 0 Å². The molecule has 0 aromatic carbocycles. The molecule has 0 aromatic rings. The second-order valence-corrected chi connectivity index (χ2v) is 2.81. The molecular formula is C7H16ClN. The van der Waals surface area contributed by atoms with Crippen LogP contribution in [0.4, 0.5) is 0 Å². The van der Waals surface area contributed by atoms with E-state index >= 15 is 0 Å².